The van der Waals surface area contributed by atoms with Gasteiger partial charge in [-0.05, 0) is 30.7 Å². The van der Waals surface area contributed by atoms with Crippen molar-refractivity contribution in [1.82, 2.24) is 9.55 Å². The van der Waals surface area contributed by atoms with E-state index in [2.05, 4.69) is 4.98 Å². The van der Waals surface area contributed by atoms with Gasteiger partial charge in [0.1, 0.15) is 30.9 Å². The summed E-state index contributed by atoms with van der Waals surface area (Å²) >= 11 is 0. The number of aryl methyl sites for hydroxylation is 1. The van der Waals surface area contributed by atoms with Gasteiger partial charge in [0.2, 0.25) is 0 Å². The first-order valence-electron chi connectivity index (χ1n) is 7.60. The first-order chi connectivity index (χ1) is 11.2. The number of hydrogen-bond acceptors (Lipinski definition) is 4. The topological polar surface area (TPSA) is 67.5 Å². The van der Waals surface area contributed by atoms with Crippen LogP contribution in [0.5, 0.6) is 5.75 Å². The number of nitrogens with zero attached hydrogens (tertiary/aromatic N) is 2. The molecule has 0 fully saturated rings. The monoisotopic (exact) mass is 312 g/mol. The highest BCUT2D eigenvalue weighted by atomic mass is 16.5. The summed E-state index contributed by atoms with van der Waals surface area (Å²) in [6.07, 6.45) is -0.697. The molecule has 3 aromatic rings. The molecule has 1 heterocycles. The van der Waals surface area contributed by atoms with Gasteiger partial charge >= 0.3 is 0 Å². The molecule has 0 saturated carbocycles. The Hall–Kier alpha value is -2.37. The van der Waals surface area contributed by atoms with Crippen LogP contribution in [0.15, 0.2) is 48.5 Å². The van der Waals surface area contributed by atoms with Crippen LogP contribution < -0.4 is 4.74 Å². The molecule has 0 saturated heterocycles. The van der Waals surface area contributed by atoms with Crippen LogP contribution in [0.1, 0.15) is 11.4 Å². The molecule has 120 valence electrons. The van der Waals surface area contributed by atoms with E-state index in [1.165, 1.54) is 0 Å². The van der Waals surface area contributed by atoms with Gasteiger partial charge in [0.25, 0.3) is 0 Å². The Morgan fingerprint density at radius 3 is 2.65 bits per heavy atom. The van der Waals surface area contributed by atoms with Crippen LogP contribution in [0.4, 0.5) is 0 Å². The zero-order chi connectivity index (χ0) is 16.2. The number of rotatable bonds is 6. The summed E-state index contributed by atoms with van der Waals surface area (Å²) in [5, 5.41) is 19.8. The Morgan fingerprint density at radius 2 is 1.87 bits per heavy atom. The van der Waals surface area contributed by atoms with Crippen molar-refractivity contribution >= 4 is 11.0 Å². The molecule has 2 N–H and O–H groups in total. The van der Waals surface area contributed by atoms with Gasteiger partial charge in [-0.3, -0.25) is 0 Å². The first kappa shape index (κ1) is 15.5. The molecule has 0 aliphatic rings. The highest BCUT2D eigenvalue weighted by molar-refractivity contribution is 5.75. The van der Waals surface area contributed by atoms with E-state index in [4.69, 9.17) is 4.74 Å². The summed E-state index contributed by atoms with van der Waals surface area (Å²) in [6, 6.07) is 15.3. The van der Waals surface area contributed by atoms with Gasteiger partial charge < -0.3 is 19.5 Å². The molecule has 0 aliphatic heterocycles. The Balaban J connectivity index is 1.73. The Kier molecular flexibility index (Phi) is 4.60. The minimum Gasteiger partial charge on any atom is -0.491 e. The van der Waals surface area contributed by atoms with Crippen molar-refractivity contribution in [3.63, 3.8) is 0 Å². The molecule has 0 radical (unpaired) electrons. The van der Waals surface area contributed by atoms with Crippen molar-refractivity contribution in [2.24, 2.45) is 0 Å². The number of para-hydroxylation sites is 3. The number of benzene rings is 2. The maximum absolute atomic E-state index is 10.3. The smallest absolute Gasteiger partial charge is 0.135 e. The lowest BCUT2D eigenvalue weighted by Crippen LogP contribution is -2.24. The average Bonchev–Trinajstić information content (AvgIpc) is 2.92. The summed E-state index contributed by atoms with van der Waals surface area (Å²) < 4.78 is 7.52. The van der Waals surface area contributed by atoms with Crippen LogP contribution >= 0.6 is 0 Å². The van der Waals surface area contributed by atoms with E-state index in [0.717, 1.165) is 22.3 Å². The number of hydrogen-bond donors (Lipinski definition) is 2. The normalized spacial score (nSPS) is 12.5. The summed E-state index contributed by atoms with van der Waals surface area (Å²) in [4.78, 5) is 4.38. The molecule has 3 rings (SSSR count). The van der Waals surface area contributed by atoms with Gasteiger partial charge in [-0.15, -0.1) is 0 Å². The zero-order valence-corrected chi connectivity index (χ0v) is 13.0. The van der Waals surface area contributed by atoms with E-state index in [1.807, 2.05) is 60.0 Å². The second kappa shape index (κ2) is 6.81. The van der Waals surface area contributed by atoms with Crippen molar-refractivity contribution in [3.05, 3.63) is 59.9 Å². The Bertz CT molecular complexity index is 798. The number of aliphatic hydroxyl groups excluding tert-OH is 2. The van der Waals surface area contributed by atoms with Crippen molar-refractivity contribution < 1.29 is 14.9 Å². The molecule has 5 heteroatoms. The van der Waals surface area contributed by atoms with Crippen LogP contribution in [-0.2, 0) is 13.2 Å². The molecule has 1 aromatic heterocycles. The van der Waals surface area contributed by atoms with Gasteiger partial charge in [-0.2, -0.15) is 0 Å². The van der Waals surface area contributed by atoms with Gasteiger partial charge in [-0.25, -0.2) is 4.98 Å². The molecule has 23 heavy (non-hydrogen) atoms. The predicted molar refractivity (Wildman–Crippen MR) is 88.3 cm³/mol. The molecule has 0 amide bonds. The van der Waals surface area contributed by atoms with Gasteiger partial charge in [0.05, 0.1) is 17.6 Å². The predicted octanol–water partition coefficient (Wildman–Crippen LogP) is 2.28. The van der Waals surface area contributed by atoms with Crippen LogP contribution in [-0.4, -0.2) is 32.5 Å². The summed E-state index contributed by atoms with van der Waals surface area (Å²) in [6.45, 7) is 2.31. The van der Waals surface area contributed by atoms with Gasteiger partial charge in [0, 0.05) is 0 Å². The average molecular weight is 312 g/mol. The van der Waals surface area contributed by atoms with Crippen LogP contribution in [0.25, 0.3) is 11.0 Å². The van der Waals surface area contributed by atoms with Crippen LogP contribution in [0.2, 0.25) is 0 Å². The quantitative estimate of drug-likeness (QED) is 0.733. The molecular weight excluding hydrogens is 292 g/mol. The Labute approximate surface area is 134 Å². The number of imidazole rings is 1. The molecule has 0 aliphatic carbocycles. The fraction of sp³-hybridized carbons (Fsp3) is 0.278. The van der Waals surface area contributed by atoms with E-state index >= 15 is 0 Å². The molecule has 5 nitrogen and oxygen atoms in total. The third kappa shape index (κ3) is 3.36. The number of aromatic nitrogens is 2. The fourth-order valence-corrected chi connectivity index (χ4v) is 2.62. The van der Waals surface area contributed by atoms with Gasteiger partial charge in [-0.1, -0.05) is 30.3 Å². The van der Waals surface area contributed by atoms with Crippen molar-refractivity contribution in [1.29, 1.82) is 0 Å². The fourth-order valence-electron chi connectivity index (χ4n) is 2.62. The number of fused-ring (bicyclic) bond motifs is 1. The maximum Gasteiger partial charge on any atom is 0.135 e. The standard InChI is InChI=1S/C18H20N2O3/c1-13-6-2-5-9-17(13)23-12-14(22)10-20-16-8-4-3-7-15(16)19-18(20)11-21/h2-9,14,21-22H,10-12H2,1H3/t14-/m0/s1. The maximum atomic E-state index is 10.3. The van der Waals surface area contributed by atoms with E-state index in [9.17, 15) is 10.2 Å². The molecular formula is C18H20N2O3. The minimum atomic E-state index is -0.697. The van der Waals surface area contributed by atoms with E-state index in [0.29, 0.717) is 12.4 Å². The van der Waals surface area contributed by atoms with Crippen molar-refractivity contribution in [3.8, 4) is 5.75 Å². The van der Waals surface area contributed by atoms with E-state index in [1.54, 1.807) is 0 Å². The van der Waals surface area contributed by atoms with Gasteiger partial charge in [0.15, 0.2) is 0 Å². The second-order valence-electron chi connectivity index (χ2n) is 5.52. The SMILES string of the molecule is Cc1ccccc1OC[C@@H](O)Cn1c(CO)nc2ccccc21. The molecule has 0 unspecified atom stereocenters. The largest absolute Gasteiger partial charge is 0.491 e. The third-order valence-electron chi connectivity index (χ3n) is 3.79. The number of ether oxygens (including phenoxy) is 1. The number of aliphatic hydroxyl groups is 2. The molecule has 2 aromatic carbocycles. The van der Waals surface area contributed by atoms with Crippen molar-refractivity contribution in [2.45, 2.75) is 26.2 Å². The van der Waals surface area contributed by atoms with E-state index in [-0.39, 0.29) is 13.2 Å². The van der Waals surface area contributed by atoms with Crippen molar-refractivity contribution in [2.75, 3.05) is 6.61 Å². The second-order valence-corrected chi connectivity index (χ2v) is 5.52. The summed E-state index contributed by atoms with van der Waals surface area (Å²) in [5.74, 6) is 1.31. The summed E-state index contributed by atoms with van der Waals surface area (Å²) in [7, 11) is 0. The molecule has 0 spiro atoms. The lowest BCUT2D eigenvalue weighted by molar-refractivity contribution is 0.0911. The third-order valence-corrected chi connectivity index (χ3v) is 3.79. The highest BCUT2D eigenvalue weighted by Gasteiger charge is 2.14. The molecule has 1 atom stereocenters. The lowest BCUT2D eigenvalue weighted by Gasteiger charge is -2.16. The summed E-state index contributed by atoms with van der Waals surface area (Å²) in [5.41, 5.74) is 2.74. The minimum absolute atomic E-state index is 0.167. The lowest BCUT2D eigenvalue weighted by atomic mass is 10.2. The zero-order valence-electron chi connectivity index (χ0n) is 13.0. The van der Waals surface area contributed by atoms with E-state index < -0.39 is 6.10 Å². The molecule has 0 bridgehead atoms. The Morgan fingerprint density at radius 1 is 1.13 bits per heavy atom. The van der Waals surface area contributed by atoms with Crippen LogP contribution in [0, 0.1) is 6.92 Å². The highest BCUT2D eigenvalue weighted by Crippen LogP contribution is 2.18. The first-order valence-corrected chi connectivity index (χ1v) is 7.60. The van der Waals surface area contributed by atoms with Crippen LogP contribution in [0.3, 0.4) is 0 Å².